The number of rotatable bonds is 11. The lowest BCUT2D eigenvalue weighted by Gasteiger charge is -2.24. The highest BCUT2D eigenvalue weighted by atomic mass is 32.2. The van der Waals surface area contributed by atoms with E-state index >= 15 is 0 Å². The van der Waals surface area contributed by atoms with Gasteiger partial charge in [0, 0.05) is 5.69 Å². The summed E-state index contributed by atoms with van der Waals surface area (Å²) >= 11 is 0. The maximum absolute atomic E-state index is 14.6. The van der Waals surface area contributed by atoms with E-state index in [1.165, 1.54) is 48.7 Å². The number of para-hydroxylation sites is 1. The van der Waals surface area contributed by atoms with Gasteiger partial charge in [0.05, 0.1) is 16.8 Å². The summed E-state index contributed by atoms with van der Waals surface area (Å²) < 4.78 is 47.3. The van der Waals surface area contributed by atoms with Crippen molar-refractivity contribution in [2.75, 3.05) is 22.8 Å². The van der Waals surface area contributed by atoms with Gasteiger partial charge in [-0.15, -0.1) is 0 Å². The van der Waals surface area contributed by atoms with Crippen molar-refractivity contribution in [2.24, 2.45) is 5.10 Å². The number of aryl methyl sites for hydroxylation is 1. The number of anilines is 2. The molecule has 0 saturated carbocycles. The van der Waals surface area contributed by atoms with Gasteiger partial charge >= 0.3 is 0 Å². The fourth-order valence-corrected chi connectivity index (χ4v) is 5.10. The van der Waals surface area contributed by atoms with Crippen LogP contribution in [0.3, 0.4) is 0 Å². The summed E-state index contributed by atoms with van der Waals surface area (Å²) in [5, 5.41) is 6.63. The van der Waals surface area contributed by atoms with E-state index in [0.29, 0.717) is 21.3 Å². The Morgan fingerprint density at radius 3 is 2.22 bits per heavy atom. The van der Waals surface area contributed by atoms with Crippen molar-refractivity contribution in [3.05, 3.63) is 120 Å². The second kappa shape index (κ2) is 13.4. The molecule has 0 aliphatic carbocycles. The van der Waals surface area contributed by atoms with Gasteiger partial charge < -0.3 is 10.1 Å². The minimum atomic E-state index is -4.25. The number of hydrogen-bond acceptors (Lipinski definition) is 6. The van der Waals surface area contributed by atoms with Gasteiger partial charge in [-0.25, -0.2) is 18.2 Å². The number of carbonyl (C=O) groups excluding carboxylic acids is 2. The first-order chi connectivity index (χ1) is 19.7. The summed E-state index contributed by atoms with van der Waals surface area (Å²) in [6, 6.07) is 26.7. The van der Waals surface area contributed by atoms with Crippen LogP contribution in [0.2, 0.25) is 0 Å². The van der Waals surface area contributed by atoms with E-state index in [9.17, 15) is 22.4 Å². The Labute approximate surface area is 237 Å². The number of ether oxygens (including phenoxy) is 1. The van der Waals surface area contributed by atoms with Crippen LogP contribution in [-0.4, -0.2) is 39.6 Å². The van der Waals surface area contributed by atoms with Crippen LogP contribution in [0.15, 0.2) is 113 Å². The Kier molecular flexibility index (Phi) is 9.43. The molecule has 0 spiro atoms. The number of hydrazone groups is 1. The number of carbonyl (C=O) groups is 2. The molecule has 2 N–H and O–H groups in total. The van der Waals surface area contributed by atoms with Gasteiger partial charge in [0.25, 0.3) is 21.8 Å². The number of nitrogens with zero attached hydrogens (tertiary/aromatic N) is 2. The number of benzene rings is 4. The molecule has 11 heteroatoms. The molecule has 0 saturated heterocycles. The third-order valence-corrected chi connectivity index (χ3v) is 7.50. The minimum absolute atomic E-state index is 0.0884. The second-order valence-corrected chi connectivity index (χ2v) is 10.7. The average Bonchev–Trinajstić information content (AvgIpc) is 2.97. The highest BCUT2D eigenvalue weighted by Crippen LogP contribution is 2.26. The summed E-state index contributed by atoms with van der Waals surface area (Å²) in [4.78, 5) is 24.7. The Hall–Kier alpha value is -5.03. The SMILES string of the molecule is Cc1ccc(NC(=O)COc2ccc(/C=N\NC(=O)CN(c3ccccc3F)S(=O)(=O)c3ccccc3)cc2)cc1. The van der Waals surface area contributed by atoms with Gasteiger partial charge in [0.2, 0.25) is 0 Å². The molecular formula is C30H27FN4O5S. The molecule has 41 heavy (non-hydrogen) atoms. The fraction of sp³-hybridized carbons (Fsp3) is 0.100. The van der Waals surface area contributed by atoms with Crippen LogP contribution in [-0.2, 0) is 19.6 Å². The standard InChI is InChI=1S/C30H27FN4O5S/c1-22-11-15-24(16-12-22)33-30(37)21-40-25-17-13-23(14-18-25)19-32-34-29(36)20-35(28-10-6-5-9-27(28)31)41(38,39)26-7-3-2-4-8-26/h2-19H,20-21H2,1H3,(H,33,37)(H,34,36)/b32-19-. The topological polar surface area (TPSA) is 117 Å². The zero-order valence-corrected chi connectivity index (χ0v) is 22.8. The second-order valence-electron chi connectivity index (χ2n) is 8.84. The maximum Gasteiger partial charge on any atom is 0.264 e. The number of hydrogen-bond donors (Lipinski definition) is 2. The van der Waals surface area contributed by atoms with Crippen LogP contribution >= 0.6 is 0 Å². The maximum atomic E-state index is 14.6. The number of sulfonamides is 1. The lowest BCUT2D eigenvalue weighted by atomic mass is 10.2. The van der Waals surface area contributed by atoms with Crippen molar-refractivity contribution in [3.63, 3.8) is 0 Å². The molecule has 0 aromatic heterocycles. The first-order valence-electron chi connectivity index (χ1n) is 12.5. The van der Waals surface area contributed by atoms with E-state index in [4.69, 9.17) is 4.74 Å². The molecule has 0 heterocycles. The molecule has 0 unspecified atom stereocenters. The third kappa shape index (κ3) is 7.99. The van der Waals surface area contributed by atoms with Crippen molar-refractivity contribution in [1.82, 2.24) is 5.43 Å². The molecule has 2 amide bonds. The quantitative estimate of drug-likeness (QED) is 0.202. The largest absolute Gasteiger partial charge is 0.484 e. The van der Waals surface area contributed by atoms with E-state index in [1.807, 2.05) is 19.1 Å². The van der Waals surface area contributed by atoms with E-state index in [-0.39, 0.29) is 23.1 Å². The van der Waals surface area contributed by atoms with E-state index in [1.54, 1.807) is 42.5 Å². The highest BCUT2D eigenvalue weighted by molar-refractivity contribution is 7.92. The van der Waals surface area contributed by atoms with Gasteiger partial charge in [0.1, 0.15) is 18.1 Å². The van der Waals surface area contributed by atoms with Gasteiger partial charge in [-0.05, 0) is 73.2 Å². The van der Waals surface area contributed by atoms with Gasteiger partial charge in [-0.1, -0.05) is 48.0 Å². The first kappa shape index (κ1) is 29.0. The number of amides is 2. The molecule has 0 fully saturated rings. The van der Waals surface area contributed by atoms with Crippen LogP contribution in [0, 0.1) is 12.7 Å². The summed E-state index contributed by atoms with van der Waals surface area (Å²) in [5.41, 5.74) is 4.37. The lowest BCUT2D eigenvalue weighted by Crippen LogP contribution is -2.40. The highest BCUT2D eigenvalue weighted by Gasteiger charge is 2.28. The molecule has 210 valence electrons. The predicted octanol–water partition coefficient (Wildman–Crippen LogP) is 4.50. The molecule has 0 aliphatic rings. The fourth-order valence-electron chi connectivity index (χ4n) is 3.65. The van der Waals surface area contributed by atoms with Crippen molar-refractivity contribution in [3.8, 4) is 5.75 Å². The molecule has 4 aromatic rings. The first-order valence-corrected chi connectivity index (χ1v) is 13.9. The van der Waals surface area contributed by atoms with Gasteiger partial charge in [-0.2, -0.15) is 5.10 Å². The Morgan fingerprint density at radius 1 is 0.878 bits per heavy atom. The van der Waals surface area contributed by atoms with Crippen molar-refractivity contribution < 1.29 is 27.1 Å². The lowest BCUT2D eigenvalue weighted by molar-refractivity contribution is -0.119. The van der Waals surface area contributed by atoms with Crippen LogP contribution < -0.4 is 19.8 Å². The predicted molar refractivity (Wildman–Crippen MR) is 155 cm³/mol. The van der Waals surface area contributed by atoms with Gasteiger partial charge in [0.15, 0.2) is 6.61 Å². The number of halogens is 1. The monoisotopic (exact) mass is 574 g/mol. The zero-order chi connectivity index (χ0) is 29.2. The molecule has 0 bridgehead atoms. The van der Waals surface area contributed by atoms with E-state index < -0.39 is 28.3 Å². The van der Waals surface area contributed by atoms with Crippen LogP contribution in [0.25, 0.3) is 0 Å². The number of nitrogens with one attached hydrogen (secondary N) is 2. The summed E-state index contributed by atoms with van der Waals surface area (Å²) in [7, 11) is -4.25. The normalized spacial score (nSPS) is 11.2. The molecule has 0 atom stereocenters. The van der Waals surface area contributed by atoms with Crippen LogP contribution in [0.1, 0.15) is 11.1 Å². The van der Waals surface area contributed by atoms with Crippen molar-refractivity contribution >= 4 is 39.4 Å². The van der Waals surface area contributed by atoms with Crippen LogP contribution in [0.4, 0.5) is 15.8 Å². The minimum Gasteiger partial charge on any atom is -0.484 e. The molecule has 9 nitrogen and oxygen atoms in total. The summed E-state index contributed by atoms with van der Waals surface area (Å²) in [5.74, 6) is -1.42. The average molecular weight is 575 g/mol. The van der Waals surface area contributed by atoms with E-state index in [0.717, 1.165) is 11.6 Å². The molecule has 4 aromatic carbocycles. The third-order valence-electron chi connectivity index (χ3n) is 5.73. The molecule has 0 radical (unpaired) electrons. The summed E-state index contributed by atoms with van der Waals surface area (Å²) in [6.07, 6.45) is 1.35. The van der Waals surface area contributed by atoms with Gasteiger partial charge in [-0.3, -0.25) is 13.9 Å². The molecule has 0 aliphatic heterocycles. The summed E-state index contributed by atoms with van der Waals surface area (Å²) in [6.45, 7) is 1.08. The molecular weight excluding hydrogens is 547 g/mol. The van der Waals surface area contributed by atoms with Crippen LogP contribution in [0.5, 0.6) is 5.75 Å². The molecule has 4 rings (SSSR count). The zero-order valence-electron chi connectivity index (χ0n) is 22.0. The van der Waals surface area contributed by atoms with Crippen molar-refractivity contribution in [1.29, 1.82) is 0 Å². The Morgan fingerprint density at radius 2 is 1.54 bits per heavy atom. The van der Waals surface area contributed by atoms with E-state index in [2.05, 4.69) is 15.8 Å². The van der Waals surface area contributed by atoms with Crippen molar-refractivity contribution in [2.45, 2.75) is 11.8 Å². The smallest absolute Gasteiger partial charge is 0.264 e. The Bertz CT molecular complexity index is 1630. The Balaban J connectivity index is 1.34.